The zero-order chi connectivity index (χ0) is 34.4. The fraction of sp³-hybridized carbons (Fsp3) is 0. The second kappa shape index (κ2) is 10.3. The van der Waals surface area contributed by atoms with Crippen LogP contribution in [0.4, 0.5) is 17.1 Å². The van der Waals surface area contributed by atoms with Crippen molar-refractivity contribution in [2.24, 2.45) is 0 Å². The van der Waals surface area contributed by atoms with Gasteiger partial charge in [0.2, 0.25) is 6.71 Å². The largest absolute Gasteiger partial charge is 0.455 e. The number of nitrogens with zero attached hydrogens (tertiary/aromatic N) is 1. The summed E-state index contributed by atoms with van der Waals surface area (Å²) < 4.78 is 11.9. The van der Waals surface area contributed by atoms with E-state index < -0.39 is 0 Å². The third-order valence-corrected chi connectivity index (χ3v) is 13.9. The summed E-state index contributed by atoms with van der Waals surface area (Å²) in [6.07, 6.45) is 0. The maximum Gasteiger partial charge on any atom is 0.248 e. The fourth-order valence-electron chi connectivity index (χ4n) is 9.42. The molecule has 2 aliphatic rings. The van der Waals surface area contributed by atoms with Gasteiger partial charge in [0.25, 0.3) is 0 Å². The van der Waals surface area contributed by atoms with Crippen molar-refractivity contribution in [3.63, 3.8) is 0 Å². The summed E-state index contributed by atoms with van der Waals surface area (Å²) >= 11 is 3.77. The average molecular weight is 708 g/mol. The highest BCUT2D eigenvalue weighted by molar-refractivity contribution is 7.26. The Morgan fingerprint density at radius 3 is 1.98 bits per heavy atom. The van der Waals surface area contributed by atoms with Crippen LogP contribution in [0.3, 0.4) is 0 Å². The maximum absolute atomic E-state index is 6.65. The van der Waals surface area contributed by atoms with Crippen LogP contribution in [0.15, 0.2) is 162 Å². The molecule has 0 fully saturated rings. The van der Waals surface area contributed by atoms with Gasteiger partial charge in [-0.1, -0.05) is 115 Å². The van der Waals surface area contributed by atoms with Gasteiger partial charge in [0.1, 0.15) is 11.2 Å². The molecule has 0 saturated carbocycles. The van der Waals surface area contributed by atoms with Gasteiger partial charge >= 0.3 is 0 Å². The predicted molar refractivity (Wildman–Crippen MR) is 230 cm³/mol. The van der Waals surface area contributed by atoms with E-state index in [1.54, 1.807) is 0 Å². The molecule has 11 aromatic rings. The molecule has 0 saturated heterocycles. The minimum atomic E-state index is 0.134. The van der Waals surface area contributed by atoms with Gasteiger partial charge in [-0.25, -0.2) is 0 Å². The molecular weight excluding hydrogens is 681 g/mol. The van der Waals surface area contributed by atoms with Gasteiger partial charge in [-0.3, -0.25) is 0 Å². The Morgan fingerprint density at radius 2 is 1.11 bits per heavy atom. The van der Waals surface area contributed by atoms with Crippen LogP contribution in [0.1, 0.15) is 0 Å². The van der Waals surface area contributed by atoms with E-state index >= 15 is 0 Å². The predicted octanol–water partition coefficient (Wildman–Crippen LogP) is 12.3. The number of rotatable bonds is 2. The fourth-order valence-corrected chi connectivity index (χ4v) is 11.7. The third kappa shape index (κ3) is 3.78. The van der Waals surface area contributed by atoms with Crippen LogP contribution in [0, 0.1) is 0 Å². The van der Waals surface area contributed by atoms with Gasteiger partial charge in [0.15, 0.2) is 0 Å². The lowest BCUT2D eigenvalue weighted by atomic mass is 9.37. The molecule has 0 aliphatic carbocycles. The molecule has 8 aromatic carbocycles. The number of anilines is 3. The SMILES string of the molecule is c1ccc2c(c1)B1c3cc4c(cc3N(c3ccc5c(c3)sc3ccccc35)c3cc(-c5cccc6c5oc5ccccc56)cc-2c31)sc1ccccc14. The first-order chi connectivity index (χ1) is 26.3. The number of hydrogen-bond donors (Lipinski definition) is 0. The van der Waals surface area contributed by atoms with Crippen LogP contribution in [-0.4, -0.2) is 6.71 Å². The van der Waals surface area contributed by atoms with Crippen LogP contribution >= 0.6 is 22.7 Å². The second-order valence-corrected chi connectivity index (χ2v) is 16.5. The van der Waals surface area contributed by atoms with Crippen LogP contribution in [0.5, 0.6) is 0 Å². The van der Waals surface area contributed by atoms with Crippen LogP contribution < -0.4 is 21.3 Å². The van der Waals surface area contributed by atoms with Gasteiger partial charge in [-0.15, -0.1) is 22.7 Å². The molecule has 0 radical (unpaired) electrons. The third-order valence-electron chi connectivity index (χ3n) is 11.7. The molecule has 53 heavy (non-hydrogen) atoms. The van der Waals surface area contributed by atoms with Crippen LogP contribution in [0.25, 0.3) is 84.5 Å². The molecule has 3 aromatic heterocycles. The van der Waals surface area contributed by atoms with Gasteiger partial charge < -0.3 is 9.32 Å². The number of thiophene rings is 2. The molecule has 0 bridgehead atoms. The Kier molecular flexibility index (Phi) is 5.51. The average Bonchev–Trinajstić information content (AvgIpc) is 3.96. The smallest absolute Gasteiger partial charge is 0.248 e. The molecule has 0 unspecified atom stereocenters. The highest BCUT2D eigenvalue weighted by atomic mass is 32.1. The first-order valence-corrected chi connectivity index (χ1v) is 19.7. The molecule has 0 atom stereocenters. The highest BCUT2D eigenvalue weighted by Gasteiger charge is 2.43. The molecule has 0 spiro atoms. The lowest BCUT2D eigenvalue weighted by molar-refractivity contribution is 0.670. The summed E-state index contributed by atoms with van der Waals surface area (Å²) in [7, 11) is 0. The topological polar surface area (TPSA) is 16.4 Å². The molecule has 5 heteroatoms. The number of hydrogen-bond acceptors (Lipinski definition) is 4. The van der Waals surface area contributed by atoms with Crippen LogP contribution in [-0.2, 0) is 0 Å². The lowest BCUT2D eigenvalue weighted by Crippen LogP contribution is -2.54. The first-order valence-electron chi connectivity index (χ1n) is 18.1. The monoisotopic (exact) mass is 707 g/mol. The molecular formula is C48H26BNOS2. The second-order valence-electron chi connectivity index (χ2n) is 14.4. The van der Waals surface area contributed by atoms with Crippen molar-refractivity contribution < 1.29 is 4.42 Å². The normalized spacial score (nSPS) is 13.2. The Balaban J connectivity index is 1.15. The van der Waals surface area contributed by atoms with Crippen molar-refractivity contribution in [1.82, 2.24) is 0 Å². The van der Waals surface area contributed by atoms with Crippen molar-refractivity contribution in [2.45, 2.75) is 0 Å². The van der Waals surface area contributed by atoms with Gasteiger partial charge in [-0.05, 0) is 81.5 Å². The molecule has 5 heterocycles. The number of fused-ring (bicyclic) bond motifs is 14. The Bertz CT molecular complexity index is 3390. The molecule has 0 amide bonds. The highest BCUT2D eigenvalue weighted by Crippen LogP contribution is 2.48. The van der Waals surface area contributed by atoms with Gasteiger partial charge in [0.05, 0.1) is 0 Å². The Hall–Kier alpha value is -6.14. The van der Waals surface area contributed by atoms with E-state index in [1.807, 2.05) is 22.7 Å². The lowest BCUT2D eigenvalue weighted by Gasteiger charge is -2.36. The van der Waals surface area contributed by atoms with E-state index in [0.717, 1.165) is 33.1 Å². The summed E-state index contributed by atoms with van der Waals surface area (Å²) in [5.74, 6) is 0. The maximum atomic E-state index is 6.65. The Labute approximate surface area is 312 Å². The van der Waals surface area contributed by atoms with Crippen molar-refractivity contribution in [3.8, 4) is 22.3 Å². The summed E-state index contributed by atoms with van der Waals surface area (Å²) in [4.78, 5) is 2.56. The minimum absolute atomic E-state index is 0.134. The van der Waals surface area contributed by atoms with Crippen molar-refractivity contribution in [3.05, 3.63) is 158 Å². The number of para-hydroxylation sites is 2. The standard InChI is InChI=1S/C48H26BNOS2/c1-5-16-38-30(10-1)37-22-27(29-14-9-15-35-31-11-2-6-17-42(31)51-48(29)35)23-41-47(37)49(38)39-25-36-33-13-4-8-19-44(33)53-46(36)26-40(39)50(41)28-20-21-34-32-12-3-7-18-43(32)52-45(34)24-28/h1-26H. The van der Waals surface area contributed by atoms with Crippen molar-refractivity contribution in [2.75, 3.05) is 4.90 Å². The molecule has 2 aliphatic heterocycles. The summed E-state index contributed by atoms with van der Waals surface area (Å²) in [5.41, 5.74) is 14.6. The minimum Gasteiger partial charge on any atom is -0.455 e. The zero-order valence-electron chi connectivity index (χ0n) is 28.3. The van der Waals surface area contributed by atoms with E-state index in [1.165, 1.54) is 84.9 Å². The van der Waals surface area contributed by atoms with E-state index in [4.69, 9.17) is 4.42 Å². The Morgan fingerprint density at radius 1 is 0.434 bits per heavy atom. The molecule has 13 rings (SSSR count). The first kappa shape index (κ1) is 28.5. The number of furan rings is 1. The summed E-state index contributed by atoms with van der Waals surface area (Å²) in [5, 5.41) is 7.61. The van der Waals surface area contributed by atoms with E-state index in [2.05, 4.69) is 163 Å². The molecule has 0 N–H and O–H groups in total. The summed E-state index contributed by atoms with van der Waals surface area (Å²) in [6.45, 7) is 0.134. The molecule has 2 nitrogen and oxygen atoms in total. The van der Waals surface area contributed by atoms with E-state index in [0.29, 0.717) is 0 Å². The quantitative estimate of drug-likeness (QED) is 0.166. The summed E-state index contributed by atoms with van der Waals surface area (Å²) in [6, 6.07) is 58.6. The number of benzene rings is 8. The van der Waals surface area contributed by atoms with Gasteiger partial charge in [-0.2, -0.15) is 0 Å². The van der Waals surface area contributed by atoms with E-state index in [9.17, 15) is 0 Å². The zero-order valence-corrected chi connectivity index (χ0v) is 29.9. The van der Waals surface area contributed by atoms with Crippen LogP contribution in [0.2, 0.25) is 0 Å². The van der Waals surface area contributed by atoms with Crippen molar-refractivity contribution >= 4 is 125 Å². The van der Waals surface area contributed by atoms with Gasteiger partial charge in [0, 0.05) is 68.4 Å². The van der Waals surface area contributed by atoms with E-state index in [-0.39, 0.29) is 6.71 Å². The molecule has 244 valence electrons. The van der Waals surface area contributed by atoms with Crippen molar-refractivity contribution in [1.29, 1.82) is 0 Å².